The first-order valence-electron chi connectivity index (χ1n) is 10.7. The van der Waals surface area contributed by atoms with Crippen molar-refractivity contribution in [3.63, 3.8) is 0 Å². The van der Waals surface area contributed by atoms with Gasteiger partial charge in [-0.25, -0.2) is 0 Å². The topological polar surface area (TPSA) is 54.7 Å². The maximum atomic E-state index is 12.7. The molecule has 4 rings (SSSR count). The van der Waals surface area contributed by atoms with Crippen molar-refractivity contribution in [2.24, 2.45) is 0 Å². The number of rotatable bonds is 7. The van der Waals surface area contributed by atoms with Gasteiger partial charge in [0.25, 0.3) is 5.91 Å². The highest BCUT2D eigenvalue weighted by Crippen LogP contribution is 2.43. The highest BCUT2D eigenvalue weighted by molar-refractivity contribution is 7.16. The van der Waals surface area contributed by atoms with E-state index < -0.39 is 6.61 Å². The molecule has 5 nitrogen and oxygen atoms in total. The minimum Gasteiger partial charge on any atom is -0.459 e. The number of hydrogen-bond donors (Lipinski definition) is 1. The van der Waals surface area contributed by atoms with Crippen LogP contribution in [0.5, 0.6) is 5.75 Å². The molecule has 3 aromatic rings. The number of carbonyl (C=O) groups is 1. The Balaban J connectivity index is 1.73. The van der Waals surface area contributed by atoms with E-state index in [9.17, 15) is 13.6 Å². The molecule has 3 heterocycles. The molecule has 1 saturated heterocycles. The van der Waals surface area contributed by atoms with Gasteiger partial charge in [0.2, 0.25) is 0 Å². The van der Waals surface area contributed by atoms with Crippen molar-refractivity contribution >= 4 is 22.2 Å². The van der Waals surface area contributed by atoms with Gasteiger partial charge in [0.15, 0.2) is 5.76 Å². The fourth-order valence-electron chi connectivity index (χ4n) is 4.21. The number of aryl methyl sites for hydroxylation is 1. The summed E-state index contributed by atoms with van der Waals surface area (Å²) < 4.78 is 35.0. The molecule has 1 aliphatic heterocycles. The third-order valence-electron chi connectivity index (χ3n) is 5.85. The average Bonchev–Trinajstić information content (AvgIpc) is 3.40. The Kier molecular flexibility index (Phi) is 6.91. The fourth-order valence-corrected chi connectivity index (χ4v) is 5.29. The molecule has 0 radical (unpaired) electrons. The maximum absolute atomic E-state index is 12.7. The number of anilines is 1. The van der Waals surface area contributed by atoms with Crippen LogP contribution in [0.3, 0.4) is 0 Å². The van der Waals surface area contributed by atoms with Crippen molar-refractivity contribution in [2.75, 3.05) is 18.4 Å². The SMILES string of the molecule is Cc1sc(NC(=O)c2ccco2)c(C(c2ccc(OC(F)F)cc2)N2CCCCC2)c1C. The Hall–Kier alpha value is -2.71. The Morgan fingerprint density at radius 2 is 1.84 bits per heavy atom. The van der Waals surface area contributed by atoms with E-state index in [1.165, 1.54) is 12.7 Å². The average molecular weight is 461 g/mol. The molecule has 170 valence electrons. The van der Waals surface area contributed by atoms with Crippen LogP contribution in [-0.4, -0.2) is 30.5 Å². The summed E-state index contributed by atoms with van der Waals surface area (Å²) in [6, 6.07) is 10.0. The van der Waals surface area contributed by atoms with Gasteiger partial charge < -0.3 is 14.5 Å². The maximum Gasteiger partial charge on any atom is 0.387 e. The number of hydrogen-bond acceptors (Lipinski definition) is 5. The van der Waals surface area contributed by atoms with E-state index in [-0.39, 0.29) is 23.5 Å². The van der Waals surface area contributed by atoms with Crippen LogP contribution < -0.4 is 10.1 Å². The minimum absolute atomic E-state index is 0.104. The molecule has 1 aliphatic rings. The molecule has 0 saturated carbocycles. The predicted octanol–water partition coefficient (Wildman–Crippen LogP) is 6.39. The first-order valence-corrected chi connectivity index (χ1v) is 11.5. The molecule has 8 heteroatoms. The Bertz CT molecular complexity index is 1040. The van der Waals surface area contributed by atoms with E-state index in [2.05, 4.69) is 21.9 Å². The summed E-state index contributed by atoms with van der Waals surface area (Å²) in [7, 11) is 0. The summed E-state index contributed by atoms with van der Waals surface area (Å²) in [4.78, 5) is 16.3. The Morgan fingerprint density at radius 3 is 2.47 bits per heavy atom. The number of alkyl halides is 2. The van der Waals surface area contributed by atoms with Crippen LogP contribution in [0.25, 0.3) is 0 Å². The van der Waals surface area contributed by atoms with Gasteiger partial charge in [0.1, 0.15) is 10.8 Å². The summed E-state index contributed by atoms with van der Waals surface area (Å²) in [5.74, 6) is 0.0870. The number of carbonyl (C=O) groups excluding carboxylic acids is 1. The van der Waals surface area contributed by atoms with Crippen molar-refractivity contribution in [1.82, 2.24) is 4.90 Å². The summed E-state index contributed by atoms with van der Waals surface area (Å²) in [6.07, 6.45) is 4.85. The van der Waals surface area contributed by atoms with Gasteiger partial charge in [-0.05, 0) is 75.2 Å². The molecular weight excluding hydrogens is 434 g/mol. The normalized spacial score (nSPS) is 15.7. The van der Waals surface area contributed by atoms with E-state index in [4.69, 9.17) is 4.42 Å². The second-order valence-corrected chi connectivity index (χ2v) is 9.13. The van der Waals surface area contributed by atoms with E-state index in [0.717, 1.165) is 52.5 Å². The molecule has 32 heavy (non-hydrogen) atoms. The van der Waals surface area contributed by atoms with Crippen LogP contribution in [0.2, 0.25) is 0 Å². The Labute approximate surface area is 190 Å². The lowest BCUT2D eigenvalue weighted by atomic mass is 9.93. The summed E-state index contributed by atoms with van der Waals surface area (Å²) in [5.41, 5.74) is 3.13. The number of piperidine rings is 1. The fraction of sp³-hybridized carbons (Fsp3) is 0.375. The molecule has 1 N–H and O–H groups in total. The molecule has 0 aliphatic carbocycles. The number of nitrogens with one attached hydrogen (secondary N) is 1. The van der Waals surface area contributed by atoms with Gasteiger partial charge in [-0.15, -0.1) is 11.3 Å². The van der Waals surface area contributed by atoms with E-state index >= 15 is 0 Å². The predicted molar refractivity (Wildman–Crippen MR) is 121 cm³/mol. The van der Waals surface area contributed by atoms with Gasteiger partial charge in [-0.3, -0.25) is 9.69 Å². The van der Waals surface area contributed by atoms with Crippen molar-refractivity contribution in [1.29, 1.82) is 0 Å². The number of thiophene rings is 1. The second-order valence-electron chi connectivity index (χ2n) is 7.90. The van der Waals surface area contributed by atoms with Gasteiger partial charge in [-0.1, -0.05) is 18.6 Å². The number of nitrogens with zero attached hydrogens (tertiary/aromatic N) is 1. The van der Waals surface area contributed by atoms with Crippen LogP contribution in [0, 0.1) is 13.8 Å². The monoisotopic (exact) mass is 460 g/mol. The molecule has 0 spiro atoms. The third kappa shape index (κ3) is 4.86. The zero-order valence-corrected chi connectivity index (χ0v) is 18.9. The molecule has 1 amide bonds. The van der Waals surface area contributed by atoms with E-state index in [0.29, 0.717) is 0 Å². The molecule has 1 unspecified atom stereocenters. The first kappa shape index (κ1) is 22.5. The van der Waals surface area contributed by atoms with Crippen molar-refractivity contribution < 1.29 is 22.7 Å². The van der Waals surface area contributed by atoms with Crippen molar-refractivity contribution in [2.45, 2.75) is 45.8 Å². The zero-order chi connectivity index (χ0) is 22.7. The van der Waals surface area contributed by atoms with Crippen LogP contribution in [0.15, 0.2) is 47.1 Å². The number of likely N-dealkylation sites (tertiary alicyclic amines) is 1. The lowest BCUT2D eigenvalue weighted by molar-refractivity contribution is -0.0498. The van der Waals surface area contributed by atoms with Crippen LogP contribution in [0.1, 0.15) is 57.4 Å². The highest BCUT2D eigenvalue weighted by Gasteiger charge is 2.30. The van der Waals surface area contributed by atoms with Gasteiger partial charge >= 0.3 is 6.61 Å². The number of furan rings is 1. The number of ether oxygens (including phenoxy) is 1. The summed E-state index contributed by atoms with van der Waals surface area (Å²) in [6.45, 7) is 3.11. The highest BCUT2D eigenvalue weighted by atomic mass is 32.1. The molecule has 1 aromatic carbocycles. The van der Waals surface area contributed by atoms with Crippen LogP contribution in [0.4, 0.5) is 13.8 Å². The van der Waals surface area contributed by atoms with Crippen molar-refractivity contribution in [3.05, 3.63) is 70.0 Å². The summed E-state index contributed by atoms with van der Waals surface area (Å²) in [5, 5.41) is 3.82. The molecule has 2 aromatic heterocycles. The smallest absolute Gasteiger partial charge is 0.387 e. The third-order valence-corrected chi connectivity index (χ3v) is 6.99. The van der Waals surface area contributed by atoms with Crippen LogP contribution >= 0.6 is 11.3 Å². The summed E-state index contributed by atoms with van der Waals surface area (Å²) >= 11 is 1.54. The quantitative estimate of drug-likeness (QED) is 0.444. The number of benzene rings is 1. The van der Waals surface area contributed by atoms with E-state index in [1.54, 1.807) is 35.6 Å². The van der Waals surface area contributed by atoms with Gasteiger partial charge in [-0.2, -0.15) is 8.78 Å². The zero-order valence-electron chi connectivity index (χ0n) is 18.1. The second kappa shape index (κ2) is 9.83. The lowest BCUT2D eigenvalue weighted by Crippen LogP contribution is -2.35. The number of amides is 1. The van der Waals surface area contributed by atoms with Gasteiger partial charge in [0.05, 0.1) is 12.3 Å². The first-order chi connectivity index (χ1) is 15.4. The molecule has 0 bridgehead atoms. The van der Waals surface area contributed by atoms with Crippen LogP contribution in [-0.2, 0) is 0 Å². The molecular formula is C24H26F2N2O3S. The Morgan fingerprint density at radius 1 is 1.12 bits per heavy atom. The largest absolute Gasteiger partial charge is 0.459 e. The minimum atomic E-state index is -2.86. The van der Waals surface area contributed by atoms with E-state index in [1.807, 2.05) is 19.1 Å². The standard InChI is InChI=1S/C24H26F2N2O3S/c1-15-16(2)32-23(27-22(29)19-7-6-14-30-19)20(15)21(28-12-4-3-5-13-28)17-8-10-18(11-9-17)31-24(25)26/h6-11,14,21,24H,3-5,12-13H2,1-2H3,(H,27,29). The molecule has 1 fully saturated rings. The molecule has 1 atom stereocenters. The lowest BCUT2D eigenvalue weighted by Gasteiger charge is -2.36. The number of halogens is 2. The van der Waals surface area contributed by atoms with Gasteiger partial charge in [0, 0.05) is 10.4 Å². The van der Waals surface area contributed by atoms with Crippen molar-refractivity contribution in [3.8, 4) is 5.75 Å².